The van der Waals surface area contributed by atoms with E-state index >= 15 is 0 Å². The Hall–Kier alpha value is -2.78. The zero-order valence-electron chi connectivity index (χ0n) is 17.3. The normalized spacial score (nSPS) is 11.6. The molecule has 4 rings (SSSR count). The molecule has 1 unspecified atom stereocenters. The van der Waals surface area contributed by atoms with Crippen LogP contribution in [0.5, 0.6) is 11.5 Å². The molecule has 0 saturated heterocycles. The SMILES string of the molecule is CC(Sc1nnc(Nc2ccc(Oc3ccccc3)cc2)s1)C(=O)Nc1cc(Cl)cc(Cl)c1. The number of nitrogens with one attached hydrogen (secondary N) is 2. The predicted octanol–water partition coefficient (Wildman–Crippen LogP) is 7.50. The number of rotatable bonds is 8. The molecule has 0 saturated carbocycles. The Morgan fingerprint density at radius 3 is 2.30 bits per heavy atom. The summed E-state index contributed by atoms with van der Waals surface area (Å²) in [6.45, 7) is 1.80. The van der Waals surface area contributed by atoms with Gasteiger partial charge in [0.25, 0.3) is 0 Å². The molecule has 0 spiro atoms. The number of hydrogen-bond acceptors (Lipinski definition) is 7. The van der Waals surface area contributed by atoms with Gasteiger partial charge in [0.15, 0.2) is 4.34 Å². The fourth-order valence-corrected chi connectivity index (χ4v) is 5.18. The van der Waals surface area contributed by atoms with Gasteiger partial charge < -0.3 is 15.4 Å². The average molecular weight is 517 g/mol. The number of carbonyl (C=O) groups excluding carboxylic acids is 1. The van der Waals surface area contributed by atoms with Crippen molar-refractivity contribution in [1.29, 1.82) is 0 Å². The van der Waals surface area contributed by atoms with Crippen molar-refractivity contribution in [2.24, 2.45) is 0 Å². The number of halogens is 2. The lowest BCUT2D eigenvalue weighted by Gasteiger charge is -2.10. The van der Waals surface area contributed by atoms with E-state index in [0.717, 1.165) is 17.2 Å². The molecule has 6 nitrogen and oxygen atoms in total. The van der Waals surface area contributed by atoms with Crippen molar-refractivity contribution in [2.45, 2.75) is 16.5 Å². The van der Waals surface area contributed by atoms with Gasteiger partial charge in [-0.2, -0.15) is 0 Å². The van der Waals surface area contributed by atoms with Crippen LogP contribution in [0.1, 0.15) is 6.92 Å². The molecule has 33 heavy (non-hydrogen) atoms. The molecule has 168 valence electrons. The van der Waals surface area contributed by atoms with E-state index in [-0.39, 0.29) is 5.91 Å². The Morgan fingerprint density at radius 1 is 0.939 bits per heavy atom. The van der Waals surface area contributed by atoms with Gasteiger partial charge >= 0.3 is 0 Å². The maximum absolute atomic E-state index is 12.5. The highest BCUT2D eigenvalue weighted by atomic mass is 35.5. The van der Waals surface area contributed by atoms with Gasteiger partial charge in [-0.25, -0.2) is 0 Å². The maximum Gasteiger partial charge on any atom is 0.237 e. The number of carbonyl (C=O) groups is 1. The maximum atomic E-state index is 12.5. The van der Waals surface area contributed by atoms with E-state index in [4.69, 9.17) is 27.9 Å². The Kier molecular flexibility index (Phi) is 7.72. The number of thioether (sulfide) groups is 1. The summed E-state index contributed by atoms with van der Waals surface area (Å²) in [5.41, 5.74) is 1.40. The summed E-state index contributed by atoms with van der Waals surface area (Å²) in [5, 5.41) is 15.5. The van der Waals surface area contributed by atoms with Crippen molar-refractivity contribution in [3.63, 3.8) is 0 Å². The molecular formula is C23H18Cl2N4O2S2. The molecule has 1 amide bonds. The van der Waals surface area contributed by atoms with E-state index in [0.29, 0.717) is 25.2 Å². The average Bonchev–Trinajstić information content (AvgIpc) is 3.21. The number of aromatic nitrogens is 2. The molecule has 2 N–H and O–H groups in total. The molecule has 10 heteroatoms. The van der Waals surface area contributed by atoms with Gasteiger partial charge in [0.1, 0.15) is 11.5 Å². The van der Waals surface area contributed by atoms with E-state index in [9.17, 15) is 4.79 Å². The summed E-state index contributed by atoms with van der Waals surface area (Å²) in [6, 6.07) is 22.0. The van der Waals surface area contributed by atoms with Crippen molar-refractivity contribution in [2.75, 3.05) is 10.6 Å². The molecule has 1 atom stereocenters. The molecule has 4 aromatic rings. The van der Waals surface area contributed by atoms with Gasteiger partial charge in [-0.1, -0.05) is 64.5 Å². The first-order valence-corrected chi connectivity index (χ1v) is 12.3. The minimum atomic E-state index is -0.391. The molecule has 0 aliphatic heterocycles. The largest absolute Gasteiger partial charge is 0.457 e. The lowest BCUT2D eigenvalue weighted by atomic mass is 10.3. The Morgan fingerprint density at radius 2 is 1.61 bits per heavy atom. The van der Waals surface area contributed by atoms with Gasteiger partial charge in [-0.05, 0) is 61.5 Å². The van der Waals surface area contributed by atoms with Crippen molar-refractivity contribution < 1.29 is 9.53 Å². The minimum Gasteiger partial charge on any atom is -0.457 e. The molecule has 0 fully saturated rings. The zero-order valence-corrected chi connectivity index (χ0v) is 20.4. The van der Waals surface area contributed by atoms with Crippen LogP contribution in [-0.2, 0) is 4.79 Å². The van der Waals surface area contributed by atoms with Crippen molar-refractivity contribution in [3.05, 3.63) is 82.8 Å². The highest BCUT2D eigenvalue weighted by Gasteiger charge is 2.18. The number of amides is 1. The number of benzene rings is 3. The quantitative estimate of drug-likeness (QED) is 0.236. The van der Waals surface area contributed by atoms with Crippen molar-refractivity contribution in [3.8, 4) is 11.5 Å². The lowest BCUT2D eigenvalue weighted by molar-refractivity contribution is -0.115. The third-order valence-electron chi connectivity index (χ3n) is 4.27. The summed E-state index contributed by atoms with van der Waals surface area (Å²) in [6.07, 6.45) is 0. The molecule has 0 radical (unpaired) electrons. The summed E-state index contributed by atoms with van der Waals surface area (Å²) >= 11 is 14.7. The van der Waals surface area contributed by atoms with Crippen LogP contribution in [0.15, 0.2) is 77.1 Å². The summed E-state index contributed by atoms with van der Waals surface area (Å²) < 4.78 is 6.47. The fraction of sp³-hybridized carbons (Fsp3) is 0.0870. The van der Waals surface area contributed by atoms with Gasteiger partial charge in [0.05, 0.1) is 5.25 Å². The smallest absolute Gasteiger partial charge is 0.237 e. The van der Waals surface area contributed by atoms with Gasteiger partial charge in [0, 0.05) is 21.4 Å². The number of nitrogens with zero attached hydrogens (tertiary/aromatic N) is 2. The monoisotopic (exact) mass is 516 g/mol. The summed E-state index contributed by atoms with van der Waals surface area (Å²) in [5.74, 6) is 1.33. The highest BCUT2D eigenvalue weighted by molar-refractivity contribution is 8.02. The number of ether oxygens (including phenoxy) is 1. The third-order valence-corrected chi connectivity index (χ3v) is 6.73. The Balaban J connectivity index is 1.31. The van der Waals surface area contributed by atoms with E-state index < -0.39 is 5.25 Å². The van der Waals surface area contributed by atoms with Crippen LogP contribution in [0.2, 0.25) is 10.0 Å². The first-order chi connectivity index (χ1) is 15.9. The van der Waals surface area contributed by atoms with E-state index in [2.05, 4.69) is 20.8 Å². The molecule has 0 bridgehead atoms. The van der Waals surface area contributed by atoms with Crippen LogP contribution < -0.4 is 15.4 Å². The Bertz CT molecular complexity index is 1220. The van der Waals surface area contributed by atoms with E-state index in [1.807, 2.05) is 54.6 Å². The molecule has 0 aliphatic rings. The molecule has 0 aliphatic carbocycles. The lowest BCUT2D eigenvalue weighted by Crippen LogP contribution is -2.22. The first kappa shape index (κ1) is 23.4. The molecular weight excluding hydrogens is 499 g/mol. The van der Waals surface area contributed by atoms with Crippen molar-refractivity contribution in [1.82, 2.24) is 10.2 Å². The molecule has 3 aromatic carbocycles. The van der Waals surface area contributed by atoms with Crippen LogP contribution in [0.3, 0.4) is 0 Å². The van der Waals surface area contributed by atoms with Gasteiger partial charge in [0.2, 0.25) is 11.0 Å². The number of hydrogen-bond donors (Lipinski definition) is 2. The van der Waals surface area contributed by atoms with Crippen LogP contribution in [0.25, 0.3) is 0 Å². The second-order valence-electron chi connectivity index (χ2n) is 6.85. The van der Waals surface area contributed by atoms with Crippen molar-refractivity contribution >= 4 is 68.7 Å². The third kappa shape index (κ3) is 6.85. The van der Waals surface area contributed by atoms with E-state index in [1.54, 1.807) is 25.1 Å². The predicted molar refractivity (Wildman–Crippen MR) is 137 cm³/mol. The van der Waals surface area contributed by atoms with Crippen LogP contribution >= 0.6 is 46.3 Å². The second-order valence-corrected chi connectivity index (χ2v) is 10.3. The number of para-hydroxylation sites is 1. The second kappa shape index (κ2) is 10.9. The topological polar surface area (TPSA) is 76.1 Å². The minimum absolute atomic E-state index is 0.183. The van der Waals surface area contributed by atoms with Crippen LogP contribution in [0, 0.1) is 0 Å². The molecule has 1 aromatic heterocycles. The standard InChI is InChI=1S/C23H18Cl2N4O2S2/c1-14(21(30)26-18-12-15(24)11-16(25)13-18)32-23-29-28-22(33-23)27-17-7-9-20(10-8-17)31-19-5-3-2-4-6-19/h2-14H,1H3,(H,26,30)(H,27,28). The molecule has 1 heterocycles. The first-order valence-electron chi connectivity index (χ1n) is 9.82. The summed E-state index contributed by atoms with van der Waals surface area (Å²) in [4.78, 5) is 12.5. The van der Waals surface area contributed by atoms with Gasteiger partial charge in [-0.15, -0.1) is 10.2 Å². The van der Waals surface area contributed by atoms with Crippen LogP contribution in [0.4, 0.5) is 16.5 Å². The highest BCUT2D eigenvalue weighted by Crippen LogP contribution is 2.32. The zero-order chi connectivity index (χ0) is 23.2. The van der Waals surface area contributed by atoms with Crippen LogP contribution in [-0.4, -0.2) is 21.4 Å². The number of anilines is 3. The fourth-order valence-electron chi connectivity index (χ4n) is 2.74. The van der Waals surface area contributed by atoms with E-state index in [1.165, 1.54) is 23.1 Å². The van der Waals surface area contributed by atoms with Gasteiger partial charge in [-0.3, -0.25) is 4.79 Å². The summed E-state index contributed by atoms with van der Waals surface area (Å²) in [7, 11) is 0. The Labute approximate surface area is 209 Å².